The zero-order valence-corrected chi connectivity index (χ0v) is 14.4. The molecule has 0 radical (unpaired) electrons. The second-order valence-corrected chi connectivity index (χ2v) is 5.17. The van der Waals surface area contributed by atoms with Gasteiger partial charge in [-0.05, 0) is 12.5 Å². The highest BCUT2D eigenvalue weighted by Gasteiger charge is 2.21. The Morgan fingerprint density at radius 3 is 2.41 bits per heavy atom. The van der Waals surface area contributed by atoms with Crippen molar-refractivity contribution in [3.63, 3.8) is 0 Å². The van der Waals surface area contributed by atoms with Gasteiger partial charge in [0.2, 0.25) is 5.91 Å². The molecule has 7 heteroatoms. The van der Waals surface area contributed by atoms with E-state index in [-0.39, 0.29) is 36.8 Å². The number of nitrogens with zero attached hydrogens (tertiary/aromatic N) is 1. The Hall–Kier alpha value is -0.850. The number of hydrogen-bond donors (Lipinski definition) is 2. The smallest absolute Gasteiger partial charge is 0.237 e. The average molecular weight is 350 g/mol. The largest absolute Gasteiger partial charge is 0.379 e. The third kappa shape index (κ3) is 6.50. The van der Waals surface area contributed by atoms with Gasteiger partial charge in [0.15, 0.2) is 0 Å². The molecule has 3 N–H and O–H groups in total. The van der Waals surface area contributed by atoms with Gasteiger partial charge in [-0.25, -0.2) is 0 Å². The van der Waals surface area contributed by atoms with E-state index in [0.29, 0.717) is 0 Å². The van der Waals surface area contributed by atoms with Crippen LogP contribution < -0.4 is 11.1 Å². The van der Waals surface area contributed by atoms with E-state index in [0.717, 1.165) is 38.4 Å². The molecular weight excluding hydrogens is 325 g/mol. The van der Waals surface area contributed by atoms with E-state index in [1.54, 1.807) is 6.92 Å². The van der Waals surface area contributed by atoms with Gasteiger partial charge in [0.05, 0.1) is 25.3 Å². The highest BCUT2D eigenvalue weighted by molar-refractivity contribution is 5.85. The van der Waals surface area contributed by atoms with Gasteiger partial charge < -0.3 is 15.8 Å². The average Bonchev–Trinajstić information content (AvgIpc) is 2.48. The highest BCUT2D eigenvalue weighted by atomic mass is 35.5. The summed E-state index contributed by atoms with van der Waals surface area (Å²) in [5.74, 6) is -0.118. The number of halogens is 2. The summed E-state index contributed by atoms with van der Waals surface area (Å²) in [6.07, 6.45) is 0. The van der Waals surface area contributed by atoms with E-state index < -0.39 is 6.04 Å². The van der Waals surface area contributed by atoms with Crippen molar-refractivity contribution in [2.24, 2.45) is 5.73 Å². The predicted octanol–water partition coefficient (Wildman–Crippen LogP) is 1.37. The van der Waals surface area contributed by atoms with Gasteiger partial charge in [0, 0.05) is 19.6 Å². The predicted molar refractivity (Wildman–Crippen MR) is 92.7 cm³/mol. The number of rotatable bonds is 5. The van der Waals surface area contributed by atoms with Crippen LogP contribution in [-0.4, -0.2) is 49.7 Å². The Morgan fingerprint density at radius 2 is 1.86 bits per heavy atom. The summed E-state index contributed by atoms with van der Waals surface area (Å²) >= 11 is 0. The molecule has 5 nitrogen and oxygen atoms in total. The number of morpholine rings is 1. The second kappa shape index (κ2) is 10.8. The van der Waals surface area contributed by atoms with Gasteiger partial charge in [-0.1, -0.05) is 30.3 Å². The number of nitrogens with two attached hydrogens (primary N) is 1. The number of amides is 1. The molecule has 2 rings (SSSR count). The molecule has 1 amide bonds. The molecule has 1 fully saturated rings. The Bertz CT molecular complexity index is 426. The topological polar surface area (TPSA) is 67.6 Å². The normalized spacial score (nSPS) is 17.5. The molecule has 0 saturated carbocycles. The molecule has 1 heterocycles. The number of nitrogens with one attached hydrogen (secondary N) is 1. The minimum absolute atomic E-state index is 0. The van der Waals surface area contributed by atoms with Crippen LogP contribution in [0.1, 0.15) is 18.5 Å². The van der Waals surface area contributed by atoms with Crippen molar-refractivity contribution >= 4 is 30.7 Å². The van der Waals surface area contributed by atoms with Crippen LogP contribution in [0.4, 0.5) is 0 Å². The third-order valence-corrected chi connectivity index (χ3v) is 3.48. The number of ether oxygens (including phenoxy) is 1. The van der Waals surface area contributed by atoms with E-state index in [1.807, 2.05) is 30.3 Å². The van der Waals surface area contributed by atoms with E-state index in [4.69, 9.17) is 10.5 Å². The van der Waals surface area contributed by atoms with E-state index in [9.17, 15) is 4.79 Å². The van der Waals surface area contributed by atoms with Crippen molar-refractivity contribution in [3.8, 4) is 0 Å². The van der Waals surface area contributed by atoms with Crippen LogP contribution in [0, 0.1) is 0 Å². The first kappa shape index (κ1) is 21.1. The SMILES string of the molecule is C[C@@H](N)C(=O)NC(CN1CCOCC1)c1ccccc1.Cl.Cl. The Labute approximate surface area is 144 Å². The first-order chi connectivity index (χ1) is 9.66. The van der Waals surface area contributed by atoms with Crippen LogP contribution in [0.15, 0.2) is 30.3 Å². The molecule has 1 unspecified atom stereocenters. The highest BCUT2D eigenvalue weighted by Crippen LogP contribution is 2.15. The lowest BCUT2D eigenvalue weighted by Gasteiger charge is -2.31. The van der Waals surface area contributed by atoms with E-state index >= 15 is 0 Å². The molecular formula is C15H25Cl2N3O2. The second-order valence-electron chi connectivity index (χ2n) is 5.17. The molecule has 22 heavy (non-hydrogen) atoms. The summed E-state index contributed by atoms with van der Waals surface area (Å²) in [4.78, 5) is 14.2. The van der Waals surface area contributed by atoms with Crippen molar-refractivity contribution < 1.29 is 9.53 Å². The van der Waals surface area contributed by atoms with Crippen molar-refractivity contribution in [3.05, 3.63) is 35.9 Å². The number of carbonyl (C=O) groups is 1. The maximum atomic E-state index is 11.9. The van der Waals surface area contributed by atoms with Crippen LogP contribution in [0.5, 0.6) is 0 Å². The first-order valence-electron chi connectivity index (χ1n) is 7.08. The van der Waals surface area contributed by atoms with Crippen molar-refractivity contribution in [2.75, 3.05) is 32.8 Å². The van der Waals surface area contributed by atoms with Crippen molar-refractivity contribution in [2.45, 2.75) is 19.0 Å². The molecule has 0 aliphatic carbocycles. The molecule has 1 aromatic rings. The fourth-order valence-corrected chi connectivity index (χ4v) is 2.26. The van der Waals surface area contributed by atoms with Crippen LogP contribution in [-0.2, 0) is 9.53 Å². The van der Waals surface area contributed by atoms with Crippen LogP contribution >= 0.6 is 24.8 Å². The zero-order valence-electron chi connectivity index (χ0n) is 12.7. The van der Waals surface area contributed by atoms with E-state index in [1.165, 1.54) is 0 Å². The van der Waals surface area contributed by atoms with E-state index in [2.05, 4.69) is 10.2 Å². The van der Waals surface area contributed by atoms with Crippen LogP contribution in [0.25, 0.3) is 0 Å². The maximum Gasteiger partial charge on any atom is 0.237 e. The van der Waals surface area contributed by atoms with Crippen molar-refractivity contribution in [1.29, 1.82) is 0 Å². The molecule has 1 aromatic carbocycles. The fraction of sp³-hybridized carbons (Fsp3) is 0.533. The number of carbonyl (C=O) groups excluding carboxylic acids is 1. The summed E-state index contributed by atoms with van der Waals surface area (Å²) in [6, 6.07) is 9.49. The molecule has 1 aliphatic heterocycles. The van der Waals surface area contributed by atoms with Gasteiger partial charge in [-0.3, -0.25) is 9.69 Å². The lowest BCUT2D eigenvalue weighted by molar-refractivity contribution is -0.123. The summed E-state index contributed by atoms with van der Waals surface area (Å²) < 4.78 is 5.36. The molecule has 2 atom stereocenters. The zero-order chi connectivity index (χ0) is 14.4. The molecule has 126 valence electrons. The summed E-state index contributed by atoms with van der Waals surface area (Å²) in [7, 11) is 0. The maximum absolute atomic E-state index is 11.9. The minimum Gasteiger partial charge on any atom is -0.379 e. The molecule has 1 saturated heterocycles. The first-order valence-corrected chi connectivity index (χ1v) is 7.08. The Kier molecular flexibility index (Phi) is 10.4. The lowest BCUT2D eigenvalue weighted by atomic mass is 10.1. The molecule has 1 aliphatic rings. The standard InChI is InChI=1S/C15H23N3O2.2ClH/c1-12(16)15(19)17-14(13-5-3-2-4-6-13)11-18-7-9-20-10-8-18;;/h2-6,12,14H,7-11,16H2,1H3,(H,17,19);2*1H/t12-,14?;;/m1../s1. The summed E-state index contributed by atoms with van der Waals surface area (Å²) in [5.41, 5.74) is 6.75. The minimum atomic E-state index is -0.495. The van der Waals surface area contributed by atoms with Gasteiger partial charge in [-0.2, -0.15) is 0 Å². The van der Waals surface area contributed by atoms with Gasteiger partial charge in [0.1, 0.15) is 0 Å². The lowest BCUT2D eigenvalue weighted by Crippen LogP contribution is -2.46. The summed E-state index contributed by atoms with van der Waals surface area (Å²) in [6.45, 7) is 5.79. The van der Waals surface area contributed by atoms with Crippen LogP contribution in [0.2, 0.25) is 0 Å². The molecule has 0 spiro atoms. The van der Waals surface area contributed by atoms with Gasteiger partial charge in [0.25, 0.3) is 0 Å². The fourth-order valence-electron chi connectivity index (χ4n) is 2.26. The van der Waals surface area contributed by atoms with Crippen molar-refractivity contribution in [1.82, 2.24) is 10.2 Å². The quantitative estimate of drug-likeness (QED) is 0.842. The van der Waals surface area contributed by atoms with Crippen LogP contribution in [0.3, 0.4) is 0 Å². The number of hydrogen-bond acceptors (Lipinski definition) is 4. The Morgan fingerprint density at radius 1 is 1.27 bits per heavy atom. The van der Waals surface area contributed by atoms with Gasteiger partial charge in [-0.15, -0.1) is 24.8 Å². The monoisotopic (exact) mass is 349 g/mol. The third-order valence-electron chi connectivity index (χ3n) is 3.48. The number of benzene rings is 1. The summed E-state index contributed by atoms with van der Waals surface area (Å²) in [5, 5.41) is 3.03. The Balaban J connectivity index is 0.00000220. The molecule has 0 bridgehead atoms. The molecule has 0 aromatic heterocycles. The van der Waals surface area contributed by atoms with Gasteiger partial charge >= 0.3 is 0 Å².